The van der Waals surface area contributed by atoms with Crippen LogP contribution in [0.1, 0.15) is 12.5 Å². The summed E-state index contributed by atoms with van der Waals surface area (Å²) >= 11 is 17.6. The third-order valence-corrected chi connectivity index (χ3v) is 4.12. The Labute approximate surface area is 120 Å². The minimum Gasteiger partial charge on any atom is -0.745 e. The number of rotatable bonds is 5. The van der Waals surface area contributed by atoms with Crippen LogP contribution in [-0.2, 0) is 15.6 Å². The van der Waals surface area contributed by atoms with Crippen LogP contribution in [0, 0.1) is 0 Å². The highest BCUT2D eigenvalue weighted by Gasteiger charge is 2.19. The number of halogens is 3. The van der Waals surface area contributed by atoms with Crippen molar-refractivity contribution in [2.24, 2.45) is 0 Å². The largest absolute Gasteiger partial charge is 0.745 e. The van der Waals surface area contributed by atoms with Crippen molar-refractivity contribution in [3.05, 3.63) is 26.7 Å². The van der Waals surface area contributed by atoms with Crippen molar-refractivity contribution in [1.82, 2.24) is 5.48 Å². The van der Waals surface area contributed by atoms with Crippen LogP contribution in [0.25, 0.3) is 0 Å². The number of hydrogen-bond donors (Lipinski definition) is 1. The van der Waals surface area contributed by atoms with Crippen LogP contribution in [0.2, 0.25) is 15.1 Å². The number of phosphoric acid groups is 1. The molecule has 0 saturated heterocycles. The lowest BCUT2D eigenvalue weighted by Crippen LogP contribution is -2.17. The first-order valence-electron chi connectivity index (χ1n) is 4.84. The summed E-state index contributed by atoms with van der Waals surface area (Å²) in [5, 5.41) is 0.405. The lowest BCUT2D eigenvalue weighted by atomic mass is 10.1. The van der Waals surface area contributed by atoms with Gasteiger partial charge in [-0.2, -0.15) is 5.48 Å². The minimum absolute atomic E-state index is 0.00881. The fourth-order valence-electron chi connectivity index (χ4n) is 1.27. The molecule has 0 amide bonds. The zero-order chi connectivity index (χ0) is 13.9. The van der Waals surface area contributed by atoms with E-state index in [0.717, 1.165) is 0 Å². The van der Waals surface area contributed by atoms with Crippen molar-refractivity contribution < 1.29 is 18.6 Å². The first-order chi connectivity index (χ1) is 8.32. The van der Waals surface area contributed by atoms with Crippen LogP contribution in [0.5, 0.6) is 5.75 Å². The first-order valence-corrected chi connectivity index (χ1v) is 7.44. The summed E-state index contributed by atoms with van der Waals surface area (Å²) in [6.45, 7) is 1.77. The van der Waals surface area contributed by atoms with Crippen LogP contribution in [0.15, 0.2) is 6.07 Å². The van der Waals surface area contributed by atoms with E-state index in [1.165, 1.54) is 13.1 Å². The van der Waals surface area contributed by atoms with E-state index < -0.39 is 7.82 Å². The Balaban J connectivity index is 3.21. The Morgan fingerprint density at radius 2 is 2.00 bits per heavy atom. The van der Waals surface area contributed by atoms with E-state index in [9.17, 15) is 9.46 Å². The highest BCUT2D eigenvalue weighted by molar-refractivity contribution is 7.46. The molecule has 0 heterocycles. The fourth-order valence-corrected chi connectivity index (χ4v) is 2.68. The van der Waals surface area contributed by atoms with E-state index in [2.05, 4.69) is 4.62 Å². The van der Waals surface area contributed by atoms with Crippen molar-refractivity contribution in [1.29, 1.82) is 0 Å². The van der Waals surface area contributed by atoms with Gasteiger partial charge in [-0.25, -0.2) is 4.62 Å². The van der Waals surface area contributed by atoms with Crippen molar-refractivity contribution in [2.75, 3.05) is 7.05 Å². The molecule has 1 aromatic carbocycles. The molecule has 0 saturated carbocycles. The van der Waals surface area contributed by atoms with Gasteiger partial charge in [-0.05, 0) is 6.42 Å². The molecular weight excluding hydrogens is 323 g/mol. The molecule has 0 aliphatic heterocycles. The summed E-state index contributed by atoms with van der Waals surface area (Å²) in [5.41, 5.74) is 2.45. The van der Waals surface area contributed by atoms with Gasteiger partial charge in [0.15, 0.2) is 0 Å². The molecule has 0 aliphatic carbocycles. The maximum absolute atomic E-state index is 11.4. The van der Waals surface area contributed by atoms with Crippen molar-refractivity contribution in [3.8, 4) is 5.75 Å². The molecule has 1 N–H and O–H groups in total. The van der Waals surface area contributed by atoms with Gasteiger partial charge in [0.2, 0.25) is 0 Å². The molecule has 0 aliphatic rings. The van der Waals surface area contributed by atoms with Gasteiger partial charge in [-0.1, -0.05) is 41.7 Å². The third kappa shape index (κ3) is 3.75. The van der Waals surface area contributed by atoms with Gasteiger partial charge in [0.1, 0.15) is 5.75 Å². The van der Waals surface area contributed by atoms with Gasteiger partial charge in [0.05, 0.1) is 15.1 Å². The molecule has 0 radical (unpaired) electrons. The molecule has 1 atom stereocenters. The number of hydrogen-bond acceptors (Lipinski definition) is 5. The summed E-state index contributed by atoms with van der Waals surface area (Å²) in [6, 6.07) is 1.28. The van der Waals surface area contributed by atoms with E-state index in [1.54, 1.807) is 6.92 Å². The second kappa shape index (κ2) is 6.44. The third-order valence-electron chi connectivity index (χ3n) is 1.99. The maximum atomic E-state index is 11.4. The fraction of sp³-hybridized carbons (Fsp3) is 0.333. The van der Waals surface area contributed by atoms with Crippen LogP contribution in [-0.4, -0.2) is 7.05 Å². The Morgan fingerprint density at radius 1 is 1.39 bits per heavy atom. The topological polar surface area (TPSA) is 70.6 Å². The van der Waals surface area contributed by atoms with Crippen LogP contribution >= 0.6 is 42.6 Å². The molecule has 0 aromatic heterocycles. The molecule has 1 rings (SSSR count). The van der Waals surface area contributed by atoms with E-state index >= 15 is 0 Å². The van der Waals surface area contributed by atoms with Gasteiger partial charge in [0.25, 0.3) is 0 Å². The van der Waals surface area contributed by atoms with Gasteiger partial charge >= 0.3 is 7.82 Å². The van der Waals surface area contributed by atoms with Gasteiger partial charge in [-0.3, -0.25) is 4.57 Å². The van der Waals surface area contributed by atoms with E-state index in [-0.39, 0.29) is 20.8 Å². The Bertz CT molecular complexity index is 497. The monoisotopic (exact) mass is 332 g/mol. The lowest BCUT2D eigenvalue weighted by Gasteiger charge is -2.24. The summed E-state index contributed by atoms with van der Waals surface area (Å²) in [4.78, 5) is 11.4. The van der Waals surface area contributed by atoms with E-state index in [4.69, 9.17) is 39.3 Å². The Kier molecular flexibility index (Phi) is 5.74. The number of nitrogens with one attached hydrogen (secondary N) is 1. The second-order valence-corrected chi connectivity index (χ2v) is 5.57. The molecule has 1 unspecified atom stereocenters. The molecule has 1 aromatic rings. The Morgan fingerprint density at radius 3 is 2.50 bits per heavy atom. The van der Waals surface area contributed by atoms with Crippen LogP contribution < -0.4 is 14.9 Å². The van der Waals surface area contributed by atoms with E-state index in [1.807, 2.05) is 5.48 Å². The smallest absolute Gasteiger partial charge is 0.336 e. The Hall–Kier alpha value is -0.0000000000000000555. The SMILES string of the molecule is CCc1c(OP(=O)([O-])ONC)cc(Cl)c(Cl)c1Cl. The number of phosphoric ester groups is 1. The quantitative estimate of drug-likeness (QED) is 0.509. The molecule has 9 heteroatoms. The summed E-state index contributed by atoms with van der Waals surface area (Å²) < 4.78 is 20.4. The number of benzene rings is 1. The van der Waals surface area contributed by atoms with E-state index in [0.29, 0.717) is 12.0 Å². The molecular formula is C9H10Cl3NO4P-. The van der Waals surface area contributed by atoms with Gasteiger partial charge in [0, 0.05) is 18.7 Å². The average Bonchev–Trinajstić information content (AvgIpc) is 2.26. The normalized spacial score (nSPS) is 14.3. The zero-order valence-electron chi connectivity index (χ0n) is 9.50. The minimum atomic E-state index is -4.53. The van der Waals surface area contributed by atoms with Crippen LogP contribution in [0.4, 0.5) is 0 Å². The summed E-state index contributed by atoms with van der Waals surface area (Å²) in [5.74, 6) is -0.00881. The van der Waals surface area contributed by atoms with Crippen molar-refractivity contribution in [2.45, 2.75) is 13.3 Å². The molecule has 0 spiro atoms. The molecule has 0 fully saturated rings. The van der Waals surface area contributed by atoms with Crippen molar-refractivity contribution in [3.63, 3.8) is 0 Å². The lowest BCUT2D eigenvalue weighted by molar-refractivity contribution is -0.222. The average molecular weight is 334 g/mol. The second-order valence-electron chi connectivity index (χ2n) is 3.15. The molecule has 5 nitrogen and oxygen atoms in total. The first kappa shape index (κ1) is 16.1. The molecule has 18 heavy (non-hydrogen) atoms. The molecule has 102 valence electrons. The van der Waals surface area contributed by atoms with Crippen LogP contribution in [0.3, 0.4) is 0 Å². The standard InChI is InChI=1S/C9H11Cl3NO4P/c1-3-5-7(16-18(14,15)17-13-2)4-6(10)9(12)8(5)11/h4,13H,3H2,1-2H3,(H,14,15)/p-1. The summed E-state index contributed by atoms with van der Waals surface area (Å²) in [7, 11) is -3.24. The highest BCUT2D eigenvalue weighted by atomic mass is 35.5. The highest BCUT2D eigenvalue weighted by Crippen LogP contribution is 2.45. The summed E-state index contributed by atoms with van der Waals surface area (Å²) in [6.07, 6.45) is 0.421. The zero-order valence-corrected chi connectivity index (χ0v) is 12.7. The predicted octanol–water partition coefficient (Wildman–Crippen LogP) is 3.21. The molecule has 0 bridgehead atoms. The van der Waals surface area contributed by atoms with Gasteiger partial charge in [-0.15, -0.1) is 0 Å². The maximum Gasteiger partial charge on any atom is 0.336 e. The predicted molar refractivity (Wildman–Crippen MR) is 69.2 cm³/mol. The van der Waals surface area contributed by atoms with Crippen molar-refractivity contribution >= 4 is 42.6 Å². The number of hydroxylamine groups is 1. The van der Waals surface area contributed by atoms with Gasteiger partial charge < -0.3 is 9.42 Å².